The maximum absolute atomic E-state index is 12.4. The van der Waals surface area contributed by atoms with Gasteiger partial charge < -0.3 is 15.2 Å². The standard InChI is InChI=1S/C24H31N3O4/c1-4-5-6-7-8-14-25-24(30)27(2)20-11-9-10-19(16-20)21-13-12-18(17-26-21)15-22(31-3)23(28)29/h9-13,15-17H,4-8,14H2,1-3H3,(H,25,30)(H,28,29). The Morgan fingerprint density at radius 1 is 1.16 bits per heavy atom. The first-order valence-corrected chi connectivity index (χ1v) is 10.5. The lowest BCUT2D eigenvalue weighted by Gasteiger charge is -2.19. The number of pyridine rings is 1. The van der Waals surface area contributed by atoms with Crippen LogP contribution >= 0.6 is 0 Å². The van der Waals surface area contributed by atoms with E-state index in [1.54, 1.807) is 30.3 Å². The summed E-state index contributed by atoms with van der Waals surface area (Å²) in [4.78, 5) is 29.5. The zero-order valence-corrected chi connectivity index (χ0v) is 18.4. The summed E-state index contributed by atoms with van der Waals surface area (Å²) in [6, 6.07) is 11.0. The van der Waals surface area contributed by atoms with Crippen LogP contribution in [0.5, 0.6) is 0 Å². The molecule has 1 aromatic carbocycles. The number of carbonyl (C=O) groups excluding carboxylic acids is 1. The molecule has 0 aliphatic carbocycles. The van der Waals surface area contributed by atoms with E-state index in [-0.39, 0.29) is 11.8 Å². The lowest BCUT2D eigenvalue weighted by molar-refractivity contribution is -0.135. The molecular formula is C24H31N3O4. The number of methoxy groups -OCH3 is 1. The smallest absolute Gasteiger partial charge is 0.371 e. The summed E-state index contributed by atoms with van der Waals surface area (Å²) in [5, 5.41) is 12.0. The minimum Gasteiger partial charge on any atom is -0.490 e. The van der Waals surface area contributed by atoms with Crippen molar-refractivity contribution in [3.8, 4) is 11.3 Å². The first-order valence-electron chi connectivity index (χ1n) is 10.5. The number of benzene rings is 1. The number of aromatic nitrogens is 1. The summed E-state index contributed by atoms with van der Waals surface area (Å²) < 4.78 is 4.84. The third kappa shape index (κ3) is 7.44. The molecule has 0 saturated carbocycles. The highest BCUT2D eigenvalue weighted by atomic mass is 16.5. The van der Waals surface area contributed by atoms with Gasteiger partial charge in [0.1, 0.15) is 0 Å². The number of carboxylic acid groups (broad SMARTS) is 1. The molecule has 2 amide bonds. The van der Waals surface area contributed by atoms with Gasteiger partial charge in [0.2, 0.25) is 5.76 Å². The summed E-state index contributed by atoms with van der Waals surface area (Å²) in [5.74, 6) is -1.30. The number of aliphatic carboxylic acids is 1. The lowest BCUT2D eigenvalue weighted by Crippen LogP contribution is -2.37. The maximum atomic E-state index is 12.4. The number of hydrogen-bond donors (Lipinski definition) is 2. The molecule has 31 heavy (non-hydrogen) atoms. The normalized spacial score (nSPS) is 11.1. The van der Waals surface area contributed by atoms with E-state index in [0.717, 1.165) is 29.8 Å². The zero-order chi connectivity index (χ0) is 22.6. The minimum absolute atomic E-state index is 0.137. The number of urea groups is 1. The van der Waals surface area contributed by atoms with Gasteiger partial charge in [-0.05, 0) is 36.3 Å². The number of nitrogens with one attached hydrogen (secondary N) is 1. The summed E-state index contributed by atoms with van der Waals surface area (Å²) in [6.07, 6.45) is 8.75. The maximum Gasteiger partial charge on any atom is 0.371 e. The van der Waals surface area contributed by atoms with E-state index < -0.39 is 5.97 Å². The molecule has 166 valence electrons. The Balaban J connectivity index is 2.02. The van der Waals surface area contributed by atoms with Crippen LogP contribution in [0.3, 0.4) is 0 Å². The highest BCUT2D eigenvalue weighted by Crippen LogP contribution is 2.23. The zero-order valence-electron chi connectivity index (χ0n) is 18.4. The molecule has 2 aromatic rings. The molecule has 0 radical (unpaired) electrons. The van der Waals surface area contributed by atoms with Crippen LogP contribution in [-0.4, -0.2) is 42.8 Å². The van der Waals surface area contributed by atoms with Crippen molar-refractivity contribution in [3.63, 3.8) is 0 Å². The largest absolute Gasteiger partial charge is 0.490 e. The molecular weight excluding hydrogens is 394 g/mol. The molecule has 1 heterocycles. The Kier molecular flexibility index (Phi) is 9.55. The highest BCUT2D eigenvalue weighted by molar-refractivity contribution is 5.92. The summed E-state index contributed by atoms with van der Waals surface area (Å²) in [5.41, 5.74) is 2.96. The Labute approximate surface area is 183 Å². The van der Waals surface area contributed by atoms with Gasteiger partial charge in [0, 0.05) is 31.0 Å². The van der Waals surface area contributed by atoms with Crippen molar-refractivity contribution in [2.45, 2.75) is 39.0 Å². The number of hydrogen-bond acceptors (Lipinski definition) is 4. The van der Waals surface area contributed by atoms with Crippen LogP contribution in [0.15, 0.2) is 48.4 Å². The number of unbranched alkanes of at least 4 members (excludes halogenated alkanes) is 4. The number of amides is 2. The predicted molar refractivity (Wildman–Crippen MR) is 123 cm³/mol. The Hall–Kier alpha value is -3.35. The van der Waals surface area contributed by atoms with E-state index in [9.17, 15) is 9.59 Å². The fourth-order valence-electron chi connectivity index (χ4n) is 3.05. The Morgan fingerprint density at radius 3 is 2.58 bits per heavy atom. The molecule has 2 N–H and O–H groups in total. The fraction of sp³-hybridized carbons (Fsp3) is 0.375. The van der Waals surface area contributed by atoms with E-state index in [1.807, 2.05) is 24.3 Å². The van der Waals surface area contributed by atoms with Crippen LogP contribution in [0.25, 0.3) is 17.3 Å². The van der Waals surface area contributed by atoms with E-state index >= 15 is 0 Å². The number of anilines is 1. The van der Waals surface area contributed by atoms with Gasteiger partial charge in [0.05, 0.1) is 12.8 Å². The molecule has 7 nitrogen and oxygen atoms in total. The van der Waals surface area contributed by atoms with Gasteiger partial charge in [0.15, 0.2) is 0 Å². The lowest BCUT2D eigenvalue weighted by atomic mass is 10.1. The SMILES string of the molecule is CCCCCCCNC(=O)N(C)c1cccc(-c2ccc(C=C(OC)C(=O)O)cn2)c1. The van der Waals surface area contributed by atoms with Crippen LogP contribution < -0.4 is 10.2 Å². The predicted octanol–water partition coefficient (Wildman–Crippen LogP) is 4.94. The number of carboxylic acids is 1. The van der Waals surface area contributed by atoms with Crippen LogP contribution in [-0.2, 0) is 9.53 Å². The third-order valence-electron chi connectivity index (χ3n) is 4.91. The first-order chi connectivity index (χ1) is 15.0. The van der Waals surface area contributed by atoms with Crippen molar-refractivity contribution in [3.05, 3.63) is 53.9 Å². The Morgan fingerprint density at radius 2 is 1.94 bits per heavy atom. The molecule has 0 aliphatic heterocycles. The topological polar surface area (TPSA) is 91.8 Å². The van der Waals surface area contributed by atoms with E-state index in [4.69, 9.17) is 9.84 Å². The van der Waals surface area contributed by atoms with Gasteiger partial charge in [-0.3, -0.25) is 9.88 Å². The second-order valence-electron chi connectivity index (χ2n) is 7.25. The van der Waals surface area contributed by atoms with Gasteiger partial charge in [-0.15, -0.1) is 0 Å². The van der Waals surface area contributed by atoms with Crippen molar-refractivity contribution < 1.29 is 19.4 Å². The molecule has 0 bridgehead atoms. The van der Waals surface area contributed by atoms with Crippen LogP contribution in [0.2, 0.25) is 0 Å². The number of ether oxygens (including phenoxy) is 1. The first kappa shape index (κ1) is 23.9. The Bertz CT molecular complexity index is 894. The molecule has 0 fully saturated rings. The quantitative estimate of drug-likeness (QED) is 0.302. The molecule has 0 aliphatic rings. The van der Waals surface area contributed by atoms with Gasteiger partial charge in [0.25, 0.3) is 0 Å². The summed E-state index contributed by atoms with van der Waals surface area (Å²) in [6.45, 7) is 2.85. The highest BCUT2D eigenvalue weighted by Gasteiger charge is 2.12. The monoisotopic (exact) mass is 425 g/mol. The molecule has 0 spiro atoms. The second kappa shape index (κ2) is 12.4. The molecule has 1 aromatic heterocycles. The summed E-state index contributed by atoms with van der Waals surface area (Å²) >= 11 is 0. The van der Waals surface area contributed by atoms with Gasteiger partial charge in [-0.2, -0.15) is 0 Å². The molecule has 0 unspecified atom stereocenters. The molecule has 2 rings (SSSR count). The van der Waals surface area contributed by atoms with Gasteiger partial charge >= 0.3 is 12.0 Å². The molecule has 0 saturated heterocycles. The molecule has 7 heteroatoms. The average molecular weight is 426 g/mol. The van der Waals surface area contributed by atoms with E-state index in [1.165, 1.54) is 32.4 Å². The van der Waals surface area contributed by atoms with Crippen molar-refractivity contribution in [1.29, 1.82) is 0 Å². The second-order valence-corrected chi connectivity index (χ2v) is 7.25. The van der Waals surface area contributed by atoms with E-state index in [2.05, 4.69) is 17.2 Å². The number of rotatable bonds is 11. The van der Waals surface area contributed by atoms with Crippen LogP contribution in [0.1, 0.15) is 44.6 Å². The van der Waals surface area contributed by atoms with Gasteiger partial charge in [-0.1, -0.05) is 50.8 Å². The fourth-order valence-corrected chi connectivity index (χ4v) is 3.05. The average Bonchev–Trinajstić information content (AvgIpc) is 2.79. The van der Waals surface area contributed by atoms with Crippen molar-refractivity contribution in [2.75, 3.05) is 25.6 Å². The third-order valence-corrected chi connectivity index (χ3v) is 4.91. The van der Waals surface area contributed by atoms with Gasteiger partial charge in [-0.25, -0.2) is 9.59 Å². The summed E-state index contributed by atoms with van der Waals surface area (Å²) in [7, 11) is 3.05. The van der Waals surface area contributed by atoms with Crippen molar-refractivity contribution in [2.24, 2.45) is 0 Å². The van der Waals surface area contributed by atoms with E-state index in [0.29, 0.717) is 12.1 Å². The van der Waals surface area contributed by atoms with Crippen molar-refractivity contribution >= 4 is 23.8 Å². The number of nitrogens with zero attached hydrogens (tertiary/aromatic N) is 2. The molecule has 0 atom stereocenters. The van der Waals surface area contributed by atoms with Crippen LogP contribution in [0.4, 0.5) is 10.5 Å². The van der Waals surface area contributed by atoms with Crippen LogP contribution in [0, 0.1) is 0 Å². The van der Waals surface area contributed by atoms with Crippen molar-refractivity contribution in [1.82, 2.24) is 10.3 Å². The minimum atomic E-state index is -1.14. The number of carbonyl (C=O) groups is 2.